The van der Waals surface area contributed by atoms with Crippen molar-refractivity contribution in [2.45, 2.75) is 71.0 Å². The summed E-state index contributed by atoms with van der Waals surface area (Å²) in [6.45, 7) is 11.9. The number of hydrogen-bond donors (Lipinski definition) is 0. The first-order valence-electron chi connectivity index (χ1n) is 9.29. The first-order valence-corrected chi connectivity index (χ1v) is 11.5. The van der Waals surface area contributed by atoms with Crippen molar-refractivity contribution in [1.82, 2.24) is 0 Å². The molecule has 0 saturated carbocycles. The minimum atomic E-state index is -2.66. The first kappa shape index (κ1) is 26.1. The van der Waals surface area contributed by atoms with Gasteiger partial charge in [0.1, 0.15) is 0 Å². The van der Waals surface area contributed by atoms with Gasteiger partial charge in [0.2, 0.25) is 0 Å². The summed E-state index contributed by atoms with van der Waals surface area (Å²) in [6.07, 6.45) is 2.83. The Bertz CT molecular complexity index is 641. The molecule has 28 heavy (non-hydrogen) atoms. The van der Waals surface area contributed by atoms with E-state index < -0.39 is 31.5 Å². The number of allylic oxidation sites excluding steroid dienone is 1. The zero-order valence-electron chi connectivity index (χ0n) is 18.1. The van der Waals surface area contributed by atoms with Crippen LogP contribution in [0, 0.1) is 17.8 Å². The van der Waals surface area contributed by atoms with E-state index in [9.17, 15) is 18.4 Å². The van der Waals surface area contributed by atoms with Crippen LogP contribution in [-0.2, 0) is 19.1 Å². The number of methoxy groups -OCH3 is 2. The van der Waals surface area contributed by atoms with Crippen molar-refractivity contribution in [1.29, 1.82) is 0 Å². The van der Waals surface area contributed by atoms with Crippen molar-refractivity contribution in [3.05, 3.63) is 17.0 Å². The second-order valence-electron chi connectivity index (χ2n) is 7.88. The monoisotopic (exact) mass is 414 g/mol. The summed E-state index contributed by atoms with van der Waals surface area (Å²) in [7, 11) is -0.398. The van der Waals surface area contributed by atoms with Crippen LogP contribution in [0.1, 0.15) is 54.4 Å². The Morgan fingerprint density at radius 3 is 1.61 bits per heavy atom. The van der Waals surface area contributed by atoms with Crippen molar-refractivity contribution in [3.63, 3.8) is 0 Å². The van der Waals surface area contributed by atoms with Crippen molar-refractivity contribution >= 4 is 20.0 Å². The van der Waals surface area contributed by atoms with E-state index in [-0.39, 0.29) is 29.5 Å². The fourth-order valence-electron chi connectivity index (χ4n) is 4.77. The SMILES string of the molecule is C#CCC(CC(=C=C(F)F)[Si](C(C)C)(C(C)C)C(C)C)(C(=O)OC)C(=O)OC. The third-order valence-corrected chi connectivity index (χ3v) is 12.7. The molecule has 158 valence electrons. The van der Waals surface area contributed by atoms with Gasteiger partial charge >= 0.3 is 18.0 Å². The Balaban J connectivity index is 7.08. The molecule has 7 heteroatoms. The molecule has 0 heterocycles. The highest BCUT2D eigenvalue weighted by atomic mass is 28.3. The molecule has 0 aromatic rings. The quantitative estimate of drug-likeness (QED) is 0.170. The van der Waals surface area contributed by atoms with Gasteiger partial charge in [-0.15, -0.1) is 12.3 Å². The lowest BCUT2D eigenvalue weighted by molar-refractivity contribution is -0.168. The fraction of sp³-hybridized carbons (Fsp3) is 0.667. The Labute approximate surface area is 168 Å². The average Bonchev–Trinajstić information content (AvgIpc) is 2.58. The van der Waals surface area contributed by atoms with Crippen molar-refractivity contribution in [2.24, 2.45) is 5.41 Å². The molecule has 0 aliphatic heterocycles. The van der Waals surface area contributed by atoms with Crippen molar-refractivity contribution in [2.75, 3.05) is 14.2 Å². The molecule has 0 rings (SSSR count). The molecule has 0 N–H and O–H groups in total. The number of esters is 2. The fourth-order valence-corrected chi connectivity index (χ4v) is 11.8. The molecule has 0 radical (unpaired) electrons. The minimum absolute atomic E-state index is 0.0631. The molecule has 0 aromatic heterocycles. The first-order chi connectivity index (χ1) is 12.9. The third kappa shape index (κ3) is 4.92. The van der Waals surface area contributed by atoms with E-state index in [0.29, 0.717) is 5.20 Å². The molecule has 0 fully saturated rings. The largest absolute Gasteiger partial charge is 0.468 e. The minimum Gasteiger partial charge on any atom is -0.468 e. The molecule has 0 unspecified atom stereocenters. The lowest BCUT2D eigenvalue weighted by Crippen LogP contribution is -2.50. The highest BCUT2D eigenvalue weighted by Crippen LogP contribution is 2.50. The molecule has 4 nitrogen and oxygen atoms in total. The van der Waals surface area contributed by atoms with E-state index in [1.165, 1.54) is 0 Å². The number of carbonyl (C=O) groups is 2. The van der Waals surface area contributed by atoms with Gasteiger partial charge < -0.3 is 9.47 Å². The van der Waals surface area contributed by atoms with Crippen molar-refractivity contribution < 1.29 is 27.8 Å². The van der Waals surface area contributed by atoms with Gasteiger partial charge in [-0.05, 0) is 21.8 Å². The summed E-state index contributed by atoms with van der Waals surface area (Å²) in [6, 6.07) is 0. The van der Waals surface area contributed by atoms with Crippen LogP contribution in [0.3, 0.4) is 0 Å². The van der Waals surface area contributed by atoms with Crippen LogP contribution < -0.4 is 0 Å². The number of halogens is 2. The molecule has 0 saturated heterocycles. The van der Waals surface area contributed by atoms with Gasteiger partial charge in [0.25, 0.3) is 0 Å². The molecule has 0 spiro atoms. The summed E-state index contributed by atoms with van der Waals surface area (Å²) < 4.78 is 36.6. The Kier molecular flexibility index (Phi) is 9.87. The summed E-state index contributed by atoms with van der Waals surface area (Å²) in [5.41, 5.74) is 0.521. The van der Waals surface area contributed by atoms with Crippen LogP contribution in [0.5, 0.6) is 0 Å². The number of ether oxygens (including phenoxy) is 2. The van der Waals surface area contributed by atoms with Crippen LogP contribution in [0.2, 0.25) is 16.6 Å². The molecule has 0 bridgehead atoms. The maximum absolute atomic E-state index is 13.5. The lowest BCUT2D eigenvalue weighted by Gasteiger charge is -2.45. The van der Waals surface area contributed by atoms with Gasteiger partial charge in [0.15, 0.2) is 5.41 Å². The summed E-state index contributed by atoms with van der Waals surface area (Å²) in [4.78, 5) is 25.3. The van der Waals surface area contributed by atoms with E-state index >= 15 is 0 Å². The molecule has 0 atom stereocenters. The second-order valence-corrected chi connectivity index (χ2v) is 13.8. The van der Waals surface area contributed by atoms with Gasteiger partial charge in [-0.1, -0.05) is 47.3 Å². The number of rotatable bonds is 9. The highest BCUT2D eigenvalue weighted by molar-refractivity contribution is 6.89. The molecule has 0 aromatic carbocycles. The Morgan fingerprint density at radius 2 is 1.36 bits per heavy atom. The summed E-state index contributed by atoms with van der Waals surface area (Å²) >= 11 is 0. The predicted octanol–water partition coefficient (Wildman–Crippen LogP) is 5.26. The topological polar surface area (TPSA) is 52.6 Å². The molecular formula is C21H32F2O4Si. The average molecular weight is 415 g/mol. The van der Waals surface area contributed by atoms with E-state index in [4.69, 9.17) is 15.9 Å². The van der Waals surface area contributed by atoms with Crippen molar-refractivity contribution in [3.8, 4) is 12.3 Å². The zero-order valence-corrected chi connectivity index (χ0v) is 19.1. The van der Waals surface area contributed by atoms with Gasteiger partial charge in [-0.3, -0.25) is 9.59 Å². The Morgan fingerprint density at radius 1 is 0.964 bits per heavy atom. The van der Waals surface area contributed by atoms with Gasteiger partial charge in [-0.25, -0.2) is 0 Å². The standard InChI is InChI=1S/C21H32F2O4Si/c1-10-11-21(19(24)26-8,20(25)27-9)13-17(12-18(22)23)28(14(2)3,15(4)5)16(6)7/h1,14-16H,11,13H2,2-9H3. The number of carbonyl (C=O) groups excluding carboxylic acids is 2. The van der Waals surface area contributed by atoms with Crippen LogP contribution >= 0.6 is 0 Å². The van der Waals surface area contributed by atoms with Gasteiger partial charge in [-0.2, -0.15) is 8.78 Å². The molecule has 0 aliphatic carbocycles. The second kappa shape index (κ2) is 10.6. The smallest absolute Gasteiger partial charge is 0.324 e. The van der Waals surface area contributed by atoms with E-state index in [1.54, 1.807) is 0 Å². The highest BCUT2D eigenvalue weighted by Gasteiger charge is 2.54. The van der Waals surface area contributed by atoms with E-state index in [0.717, 1.165) is 14.2 Å². The van der Waals surface area contributed by atoms with Crippen LogP contribution in [0.4, 0.5) is 8.78 Å². The number of hydrogen-bond acceptors (Lipinski definition) is 4. The third-order valence-electron chi connectivity index (χ3n) is 5.67. The normalized spacial score (nSPS) is 11.9. The van der Waals surface area contributed by atoms with Crippen LogP contribution in [0.25, 0.3) is 0 Å². The molecule has 0 aliphatic rings. The Hall–Kier alpha value is -1.90. The van der Waals surface area contributed by atoms with Crippen LogP contribution in [-0.4, -0.2) is 34.2 Å². The lowest BCUT2D eigenvalue weighted by atomic mass is 9.81. The maximum Gasteiger partial charge on any atom is 0.324 e. The predicted molar refractivity (Wildman–Crippen MR) is 108 cm³/mol. The van der Waals surface area contributed by atoms with Crippen LogP contribution in [0.15, 0.2) is 17.0 Å². The zero-order chi connectivity index (χ0) is 22.3. The molecule has 0 amide bonds. The van der Waals surface area contributed by atoms with Gasteiger partial charge in [0, 0.05) is 12.8 Å². The van der Waals surface area contributed by atoms with E-state index in [2.05, 4.69) is 11.7 Å². The summed E-state index contributed by atoms with van der Waals surface area (Å²) in [5, 5.41) is 0.304. The maximum atomic E-state index is 13.5. The van der Waals surface area contributed by atoms with E-state index in [1.807, 2.05) is 41.5 Å². The molecular weight excluding hydrogens is 382 g/mol. The van der Waals surface area contributed by atoms with Gasteiger partial charge in [0.05, 0.1) is 22.3 Å². The summed E-state index contributed by atoms with van der Waals surface area (Å²) in [5.74, 6) is 0.528. The number of terminal acetylenes is 1.